The molecule has 1 aliphatic carbocycles. The van der Waals surface area contributed by atoms with E-state index < -0.39 is 9.74 Å². The molecule has 0 amide bonds. The van der Waals surface area contributed by atoms with Crippen LogP contribution in [0.25, 0.3) is 21.9 Å². The van der Waals surface area contributed by atoms with Gasteiger partial charge < -0.3 is 0 Å². The molecule has 0 radical (unpaired) electrons. The first kappa shape index (κ1) is 36.2. The summed E-state index contributed by atoms with van der Waals surface area (Å²) in [6.07, 6.45) is 1.45. The van der Waals surface area contributed by atoms with Crippen molar-refractivity contribution >= 4 is 81.3 Å². The lowest BCUT2D eigenvalue weighted by Gasteiger charge is -2.54. The molecule has 0 saturated heterocycles. The van der Waals surface area contributed by atoms with Crippen molar-refractivity contribution in [3.05, 3.63) is 202 Å². The van der Waals surface area contributed by atoms with Gasteiger partial charge in [-0.25, -0.2) is 0 Å². The highest BCUT2D eigenvalue weighted by Crippen LogP contribution is 2.68. The van der Waals surface area contributed by atoms with E-state index >= 15 is 0 Å². The van der Waals surface area contributed by atoms with Crippen LogP contribution in [0.1, 0.15) is 59.6 Å². The Balaban J connectivity index is 1.76. The molecule has 6 aromatic carbocycles. The van der Waals surface area contributed by atoms with Crippen LogP contribution in [0, 0.1) is 0 Å². The quantitative estimate of drug-likeness (QED) is 0.120. The van der Waals surface area contributed by atoms with Crippen molar-refractivity contribution < 1.29 is 0 Å². The van der Waals surface area contributed by atoms with E-state index in [9.17, 15) is 0 Å². The summed E-state index contributed by atoms with van der Waals surface area (Å²) >= 11 is 21.1. The summed E-state index contributed by atoms with van der Waals surface area (Å²) in [6, 6.07) is 57.1. The zero-order chi connectivity index (χ0) is 35.6. The highest BCUT2D eigenvalue weighted by molar-refractivity contribution is 9.12. The maximum Gasteiger partial charge on any atom is 0.0873 e. The van der Waals surface area contributed by atoms with Crippen molar-refractivity contribution in [1.82, 2.24) is 0 Å². The van der Waals surface area contributed by atoms with E-state index in [1.807, 2.05) is 0 Å². The second-order valence-electron chi connectivity index (χ2n) is 13.7. The maximum absolute atomic E-state index is 8.43. The zero-order valence-corrected chi connectivity index (χ0v) is 34.3. The molecule has 0 aliphatic heterocycles. The van der Waals surface area contributed by atoms with Gasteiger partial charge in [-0.3, -0.25) is 0 Å². The standard InChI is InChI=1S/C47H40Br3Cl/c1-32(2)38-25-14-15-27-40(38)43-42(29-33-17-6-3-7-18-33)47(50,36-23-10-5-11-24-36)46(30-37(49)31-48,35-21-8-4-9-22-35)45(51)44(43)41-28-16-20-34-19-12-13-26-39(34)41/h3-28,32,37H,29-31H2,1-2H3. The molecule has 1 aliphatic rings. The van der Waals surface area contributed by atoms with E-state index in [4.69, 9.17) is 27.5 Å². The van der Waals surface area contributed by atoms with E-state index in [0.717, 1.165) is 34.3 Å². The Morgan fingerprint density at radius 2 is 1.16 bits per heavy atom. The van der Waals surface area contributed by atoms with Gasteiger partial charge in [-0.1, -0.05) is 231 Å². The summed E-state index contributed by atoms with van der Waals surface area (Å²) in [7, 11) is 0. The van der Waals surface area contributed by atoms with E-state index in [2.05, 4.69) is 203 Å². The Bertz CT molecular complexity index is 2200. The number of benzene rings is 6. The van der Waals surface area contributed by atoms with Crippen LogP contribution in [0.3, 0.4) is 0 Å². The highest BCUT2D eigenvalue weighted by atomic mass is 79.9. The lowest BCUT2D eigenvalue weighted by atomic mass is 9.56. The summed E-state index contributed by atoms with van der Waals surface area (Å²) in [5.74, 6) is 0.293. The third kappa shape index (κ3) is 6.43. The van der Waals surface area contributed by atoms with Crippen molar-refractivity contribution in [2.45, 2.75) is 47.2 Å². The minimum absolute atomic E-state index is 0.114. The molecule has 0 saturated carbocycles. The van der Waals surface area contributed by atoms with Crippen molar-refractivity contribution in [3.8, 4) is 0 Å². The molecule has 51 heavy (non-hydrogen) atoms. The summed E-state index contributed by atoms with van der Waals surface area (Å²) in [5.41, 5.74) is 10.1. The SMILES string of the molecule is CC(C)c1ccccc1C1=C(Cc2ccccc2)C(Br)(c2ccccc2)C(CC(Br)CBr)(c2ccccc2)C(Cl)=C1c1cccc2ccccc12. The number of allylic oxidation sites excluding steroid dienone is 4. The lowest BCUT2D eigenvalue weighted by Crippen LogP contribution is -2.51. The van der Waals surface area contributed by atoms with Gasteiger partial charge in [-0.2, -0.15) is 0 Å². The van der Waals surface area contributed by atoms with Crippen molar-refractivity contribution in [2.24, 2.45) is 0 Å². The summed E-state index contributed by atoms with van der Waals surface area (Å²) in [5, 5.41) is 3.98. The number of hydrogen-bond donors (Lipinski definition) is 0. The fraction of sp³-hybridized carbons (Fsp3) is 0.191. The van der Waals surface area contributed by atoms with Crippen LogP contribution in [-0.2, 0) is 16.2 Å². The Kier molecular flexibility index (Phi) is 10.9. The van der Waals surface area contributed by atoms with Gasteiger partial charge in [-0.05, 0) is 74.1 Å². The van der Waals surface area contributed by atoms with E-state index in [1.54, 1.807) is 0 Å². The number of rotatable bonds is 10. The highest BCUT2D eigenvalue weighted by Gasteiger charge is 2.60. The average Bonchev–Trinajstić information content (AvgIpc) is 3.18. The molecule has 0 aromatic heterocycles. The topological polar surface area (TPSA) is 0 Å². The van der Waals surface area contributed by atoms with Crippen molar-refractivity contribution in [2.75, 3.05) is 5.33 Å². The molecule has 256 valence electrons. The van der Waals surface area contributed by atoms with Gasteiger partial charge in [0.05, 0.1) is 9.74 Å². The normalized spacial score (nSPS) is 19.9. The van der Waals surface area contributed by atoms with Gasteiger partial charge in [-0.15, -0.1) is 0 Å². The summed E-state index contributed by atoms with van der Waals surface area (Å²) in [4.78, 5) is 0.114. The number of alkyl halides is 3. The first-order chi connectivity index (χ1) is 24.8. The van der Waals surface area contributed by atoms with E-state index in [1.165, 1.54) is 49.7 Å². The third-order valence-corrected chi connectivity index (χ3v) is 14.8. The third-order valence-electron chi connectivity index (χ3n) is 10.4. The first-order valence-corrected chi connectivity index (χ1v) is 20.8. The van der Waals surface area contributed by atoms with Crippen molar-refractivity contribution in [1.29, 1.82) is 0 Å². The Morgan fingerprint density at radius 1 is 0.608 bits per heavy atom. The molecule has 0 N–H and O–H groups in total. The van der Waals surface area contributed by atoms with Gasteiger partial charge in [0.25, 0.3) is 0 Å². The first-order valence-electron chi connectivity index (χ1n) is 17.6. The van der Waals surface area contributed by atoms with Crippen LogP contribution in [0.4, 0.5) is 0 Å². The molecule has 0 heterocycles. The summed E-state index contributed by atoms with van der Waals surface area (Å²) in [6.45, 7) is 4.58. The minimum atomic E-state index is -0.753. The van der Waals surface area contributed by atoms with Crippen LogP contribution in [0.5, 0.6) is 0 Å². The molecule has 4 heteroatoms. The van der Waals surface area contributed by atoms with Gasteiger partial charge in [0, 0.05) is 20.8 Å². The molecule has 3 unspecified atom stereocenters. The molecule has 0 nitrogen and oxygen atoms in total. The molecule has 7 rings (SSSR count). The smallest absolute Gasteiger partial charge is 0.0873 e. The average molecular weight is 880 g/mol. The monoisotopic (exact) mass is 876 g/mol. The molecule has 0 fully saturated rings. The predicted octanol–water partition coefficient (Wildman–Crippen LogP) is 14.4. The van der Waals surface area contributed by atoms with Gasteiger partial charge in [0.1, 0.15) is 0 Å². The van der Waals surface area contributed by atoms with E-state index in [0.29, 0.717) is 5.92 Å². The molecule has 3 atom stereocenters. The van der Waals surface area contributed by atoms with Gasteiger partial charge >= 0.3 is 0 Å². The number of fused-ring (bicyclic) bond motifs is 1. The maximum atomic E-state index is 8.43. The molecule has 0 spiro atoms. The van der Waals surface area contributed by atoms with Gasteiger partial charge in [0.2, 0.25) is 0 Å². The van der Waals surface area contributed by atoms with Crippen molar-refractivity contribution in [3.63, 3.8) is 0 Å². The number of halogens is 4. The number of hydrogen-bond acceptors (Lipinski definition) is 0. The molecule has 0 bridgehead atoms. The van der Waals surface area contributed by atoms with E-state index in [-0.39, 0.29) is 4.83 Å². The fourth-order valence-electron chi connectivity index (χ4n) is 8.16. The largest absolute Gasteiger partial charge is 0.0916 e. The predicted molar refractivity (Wildman–Crippen MR) is 231 cm³/mol. The summed E-state index contributed by atoms with van der Waals surface area (Å²) < 4.78 is -0.753. The second kappa shape index (κ2) is 15.4. The van der Waals surface area contributed by atoms with Gasteiger partial charge in [0.15, 0.2) is 0 Å². The van der Waals surface area contributed by atoms with Crippen LogP contribution >= 0.6 is 59.4 Å². The molecule has 6 aromatic rings. The second-order valence-corrected chi connectivity index (χ2v) is 17.2. The lowest BCUT2D eigenvalue weighted by molar-refractivity contribution is 0.392. The Labute approximate surface area is 333 Å². The molecular weight excluding hydrogens is 840 g/mol. The van der Waals surface area contributed by atoms with Crippen LogP contribution in [0.2, 0.25) is 0 Å². The van der Waals surface area contributed by atoms with Crippen LogP contribution < -0.4 is 0 Å². The minimum Gasteiger partial charge on any atom is -0.0916 e. The van der Waals surface area contributed by atoms with Crippen LogP contribution in [0.15, 0.2) is 168 Å². The Morgan fingerprint density at radius 3 is 1.82 bits per heavy atom. The van der Waals surface area contributed by atoms with Crippen LogP contribution in [-0.4, -0.2) is 10.2 Å². The fourth-order valence-corrected chi connectivity index (χ4v) is 10.7. The zero-order valence-electron chi connectivity index (χ0n) is 28.8. The Hall–Kier alpha value is -3.21. The molecular formula is C47H40Br3Cl.